The molecule has 0 radical (unpaired) electrons. The molecule has 2 heterocycles. The Hall–Kier alpha value is -1.49. The van der Waals surface area contributed by atoms with Gasteiger partial charge in [-0.05, 0) is 0 Å². The van der Waals surface area contributed by atoms with Crippen LogP contribution < -0.4 is 4.18 Å². The SMILES string of the molecule is CC1Cc2nc(OS(=O)(=O)C(F)(F)F)ccc2CN1CB=O. The normalized spacial score (nSPS) is 19.4. The van der Waals surface area contributed by atoms with Crippen LogP contribution in [0.4, 0.5) is 13.2 Å². The predicted octanol–water partition coefficient (Wildman–Crippen LogP) is 1.06. The Morgan fingerprint density at radius 2 is 2.14 bits per heavy atom. The van der Waals surface area contributed by atoms with Crippen molar-refractivity contribution in [3.05, 3.63) is 23.4 Å². The Balaban J connectivity index is 2.24. The molecule has 0 fully saturated rings. The molecule has 2 rings (SSSR count). The molecule has 0 bridgehead atoms. The van der Waals surface area contributed by atoms with E-state index in [1.165, 1.54) is 6.07 Å². The maximum atomic E-state index is 12.3. The van der Waals surface area contributed by atoms with Crippen molar-refractivity contribution in [3.63, 3.8) is 0 Å². The monoisotopic (exact) mass is 336 g/mol. The average Bonchev–Trinajstić information content (AvgIpc) is 2.38. The van der Waals surface area contributed by atoms with Crippen molar-refractivity contribution in [2.75, 3.05) is 6.44 Å². The van der Waals surface area contributed by atoms with E-state index in [1.807, 2.05) is 11.8 Å². The summed E-state index contributed by atoms with van der Waals surface area (Å²) in [5.41, 5.74) is -4.32. The second-order valence-electron chi connectivity index (χ2n) is 4.89. The molecule has 11 heteroatoms. The van der Waals surface area contributed by atoms with Gasteiger partial charge in [-0.15, -0.1) is 0 Å². The molecule has 1 aromatic heterocycles. The van der Waals surface area contributed by atoms with Gasteiger partial charge >= 0.3 is 125 Å². The molecule has 1 aliphatic rings. The number of halogens is 3. The van der Waals surface area contributed by atoms with Gasteiger partial charge < -0.3 is 0 Å². The second kappa shape index (κ2) is 5.96. The molecule has 0 amide bonds. The van der Waals surface area contributed by atoms with Gasteiger partial charge in [-0.25, -0.2) is 0 Å². The van der Waals surface area contributed by atoms with Gasteiger partial charge in [-0.1, -0.05) is 0 Å². The molecular formula is C11H12BF3N2O4S. The Kier molecular flexibility index (Phi) is 4.57. The van der Waals surface area contributed by atoms with E-state index in [0.717, 1.165) is 18.8 Å². The first-order valence-corrected chi connectivity index (χ1v) is 7.72. The average molecular weight is 336 g/mol. The quantitative estimate of drug-likeness (QED) is 0.465. The third-order valence-electron chi connectivity index (χ3n) is 3.32. The summed E-state index contributed by atoms with van der Waals surface area (Å²) >= 11 is 0. The number of alkyl halides is 3. The predicted molar refractivity (Wildman–Crippen MR) is 69.9 cm³/mol. The fourth-order valence-corrected chi connectivity index (χ4v) is 2.57. The molecule has 6 nitrogen and oxygen atoms in total. The molecule has 22 heavy (non-hydrogen) atoms. The van der Waals surface area contributed by atoms with E-state index >= 15 is 0 Å². The molecular weight excluding hydrogens is 324 g/mol. The first-order chi connectivity index (χ1) is 10.1. The number of rotatable bonds is 4. The molecule has 120 valence electrons. The summed E-state index contributed by atoms with van der Waals surface area (Å²) in [6.45, 7) is 2.25. The van der Waals surface area contributed by atoms with Crippen molar-refractivity contribution in [2.45, 2.75) is 31.4 Å². The Morgan fingerprint density at radius 1 is 1.45 bits per heavy atom. The molecule has 0 aromatic carbocycles. The third kappa shape index (κ3) is 3.46. The Labute approximate surface area is 125 Å². The number of hydrogen-bond acceptors (Lipinski definition) is 6. The second-order valence-corrected chi connectivity index (χ2v) is 6.43. The van der Waals surface area contributed by atoms with Gasteiger partial charge in [-0.3, -0.25) is 0 Å². The van der Waals surface area contributed by atoms with E-state index in [1.54, 1.807) is 0 Å². The van der Waals surface area contributed by atoms with E-state index in [0.29, 0.717) is 18.7 Å². The van der Waals surface area contributed by atoms with Crippen LogP contribution in [0.25, 0.3) is 0 Å². The van der Waals surface area contributed by atoms with Crippen LogP contribution in [-0.2, 0) is 27.8 Å². The Bertz CT molecular complexity index is 680. The van der Waals surface area contributed by atoms with E-state index in [-0.39, 0.29) is 12.5 Å². The number of fused-ring (bicyclic) bond motifs is 1. The summed E-state index contributed by atoms with van der Waals surface area (Å²) in [6.07, 6.45) is 0.619. The van der Waals surface area contributed by atoms with E-state index in [4.69, 9.17) is 0 Å². The zero-order chi connectivity index (χ0) is 16.5. The minimum atomic E-state index is -5.73. The molecule has 1 unspecified atom stereocenters. The zero-order valence-electron chi connectivity index (χ0n) is 11.5. The first-order valence-electron chi connectivity index (χ1n) is 6.31. The van der Waals surface area contributed by atoms with Gasteiger partial charge in [0.15, 0.2) is 0 Å². The Morgan fingerprint density at radius 3 is 2.73 bits per heavy atom. The maximum absolute atomic E-state index is 12.3. The standard InChI is InChI=1S/C11H12BF3N2O4S/c1-7-4-9-8(5-17(7)6-12-18)2-3-10(16-9)21-22(19,20)11(13,14)15/h2-3,7H,4-6H2,1H3. The number of nitrogens with zero attached hydrogens (tertiary/aromatic N) is 2. The van der Waals surface area contributed by atoms with Crippen molar-refractivity contribution in [1.82, 2.24) is 9.88 Å². The van der Waals surface area contributed by atoms with Gasteiger partial charge in [0.2, 0.25) is 0 Å². The molecule has 1 atom stereocenters. The topological polar surface area (TPSA) is 76.6 Å². The number of aromatic nitrogens is 1. The van der Waals surface area contributed by atoms with E-state index in [9.17, 15) is 26.3 Å². The molecule has 1 aromatic rings. The minimum absolute atomic E-state index is 0.0420. The van der Waals surface area contributed by atoms with E-state index < -0.39 is 21.5 Å². The molecule has 0 saturated heterocycles. The summed E-state index contributed by atoms with van der Waals surface area (Å²) in [7, 11) is -4.96. The third-order valence-corrected chi connectivity index (χ3v) is 4.27. The van der Waals surface area contributed by atoms with Crippen LogP contribution in [0, 0.1) is 0 Å². The fraction of sp³-hybridized carbons (Fsp3) is 0.545. The van der Waals surface area contributed by atoms with Crippen LogP contribution in [0.2, 0.25) is 0 Å². The van der Waals surface area contributed by atoms with Gasteiger partial charge in [0.25, 0.3) is 0 Å². The molecule has 0 spiro atoms. The van der Waals surface area contributed by atoms with Crippen LogP contribution in [0.15, 0.2) is 12.1 Å². The molecule has 1 aliphatic heterocycles. The van der Waals surface area contributed by atoms with Gasteiger partial charge in [0, 0.05) is 0 Å². The zero-order valence-corrected chi connectivity index (χ0v) is 12.3. The van der Waals surface area contributed by atoms with Crippen LogP contribution in [0.1, 0.15) is 18.2 Å². The summed E-state index contributed by atoms with van der Waals surface area (Å²) in [5, 5.41) is 0. The van der Waals surface area contributed by atoms with Crippen molar-refractivity contribution in [1.29, 1.82) is 0 Å². The summed E-state index contributed by atoms with van der Waals surface area (Å²) in [4.78, 5) is 5.72. The van der Waals surface area contributed by atoms with Crippen molar-refractivity contribution < 1.29 is 30.5 Å². The first kappa shape index (κ1) is 16.9. The van der Waals surface area contributed by atoms with E-state index in [2.05, 4.69) is 9.17 Å². The van der Waals surface area contributed by atoms with Gasteiger partial charge in [0.1, 0.15) is 0 Å². The summed E-state index contributed by atoms with van der Waals surface area (Å²) in [6, 6.07) is 2.48. The van der Waals surface area contributed by atoms with Crippen LogP contribution in [-0.4, -0.2) is 43.4 Å². The molecule has 0 N–H and O–H groups in total. The van der Waals surface area contributed by atoms with Crippen LogP contribution in [0.3, 0.4) is 0 Å². The van der Waals surface area contributed by atoms with Gasteiger partial charge in [0.05, 0.1) is 0 Å². The fourth-order valence-electron chi connectivity index (χ4n) is 2.16. The van der Waals surface area contributed by atoms with Crippen LogP contribution in [0.5, 0.6) is 5.88 Å². The van der Waals surface area contributed by atoms with Crippen molar-refractivity contribution in [2.24, 2.45) is 0 Å². The van der Waals surface area contributed by atoms with Crippen molar-refractivity contribution >= 4 is 17.3 Å². The van der Waals surface area contributed by atoms with Crippen LogP contribution >= 0.6 is 0 Å². The summed E-state index contributed by atoms with van der Waals surface area (Å²) in [5.74, 6) is -0.618. The number of pyridine rings is 1. The van der Waals surface area contributed by atoms with Gasteiger partial charge in [-0.2, -0.15) is 0 Å². The molecule has 0 saturated carbocycles. The molecule has 0 aliphatic carbocycles. The summed E-state index contributed by atoms with van der Waals surface area (Å²) < 4.78 is 73.3. The van der Waals surface area contributed by atoms with Crippen molar-refractivity contribution in [3.8, 4) is 5.88 Å². The number of hydrogen-bond donors (Lipinski definition) is 0.